The van der Waals surface area contributed by atoms with Crippen molar-refractivity contribution < 1.29 is 0 Å². The quantitative estimate of drug-likeness (QED) is 0.165. The molecule has 1 heterocycles. The Morgan fingerprint density at radius 1 is 0.507 bits per heavy atom. The van der Waals surface area contributed by atoms with Crippen molar-refractivity contribution in [3.05, 3.63) is 276 Å². The van der Waals surface area contributed by atoms with Gasteiger partial charge in [0.2, 0.25) is 0 Å². The van der Waals surface area contributed by atoms with Crippen LogP contribution < -0.4 is 5.32 Å². The molecule has 0 aromatic heterocycles. The third kappa shape index (κ3) is 6.80. The van der Waals surface area contributed by atoms with Gasteiger partial charge in [0.05, 0.1) is 5.41 Å². The molecule has 3 aliphatic rings. The summed E-state index contributed by atoms with van der Waals surface area (Å²) in [6.07, 6.45) is 7.70. The van der Waals surface area contributed by atoms with Crippen molar-refractivity contribution in [2.24, 2.45) is 10.9 Å². The molecule has 0 fully saturated rings. The topological polar surface area (TPSA) is 27.6 Å². The van der Waals surface area contributed by atoms with E-state index in [1.807, 2.05) is 0 Å². The summed E-state index contributed by atoms with van der Waals surface area (Å²) < 4.78 is 0. The molecule has 1 aliphatic heterocycles. The zero-order chi connectivity index (χ0) is 44.9. The molecule has 0 bridgehead atoms. The fourth-order valence-electron chi connectivity index (χ4n) is 11.4. The van der Waals surface area contributed by atoms with E-state index in [1.54, 1.807) is 0 Å². The number of aliphatic imine (C=N–C) groups is 1. The molecule has 0 amide bonds. The van der Waals surface area contributed by atoms with E-state index in [1.165, 1.54) is 83.1 Å². The Kier molecular flexibility index (Phi) is 10.2. The second kappa shape index (κ2) is 16.9. The lowest BCUT2D eigenvalue weighted by atomic mass is 9.63. The largest absolute Gasteiger partial charge is 0.350 e. The molecule has 0 saturated heterocycles. The highest BCUT2D eigenvalue weighted by molar-refractivity contribution is 6.07. The molecular weight excluding hydrogens is 811 g/mol. The number of allylic oxidation sites excluding steroid dienone is 4. The lowest BCUT2D eigenvalue weighted by molar-refractivity contribution is 0.152. The molecular formula is C64H51N3. The van der Waals surface area contributed by atoms with Crippen molar-refractivity contribution in [1.82, 2.24) is 10.2 Å². The van der Waals surface area contributed by atoms with Gasteiger partial charge in [-0.25, -0.2) is 4.99 Å². The van der Waals surface area contributed by atoms with E-state index in [4.69, 9.17) is 4.99 Å². The Labute approximate surface area is 394 Å². The first kappa shape index (κ1) is 40.6. The molecule has 9 aromatic carbocycles. The minimum absolute atomic E-state index is 0.0960. The van der Waals surface area contributed by atoms with Crippen molar-refractivity contribution in [2.75, 3.05) is 7.05 Å². The van der Waals surface area contributed by atoms with E-state index in [0.29, 0.717) is 5.92 Å². The van der Waals surface area contributed by atoms with Crippen LogP contribution >= 0.6 is 0 Å². The van der Waals surface area contributed by atoms with Crippen molar-refractivity contribution in [3.8, 4) is 44.5 Å². The fourth-order valence-corrected chi connectivity index (χ4v) is 11.4. The molecule has 4 unspecified atom stereocenters. The molecule has 322 valence electrons. The molecule has 2 aliphatic carbocycles. The Bertz CT molecular complexity index is 3370. The van der Waals surface area contributed by atoms with E-state index < -0.39 is 5.41 Å². The lowest BCUT2D eigenvalue weighted by Crippen LogP contribution is -2.45. The predicted octanol–water partition coefficient (Wildman–Crippen LogP) is 15.4. The average Bonchev–Trinajstić information content (AvgIpc) is 3.70. The van der Waals surface area contributed by atoms with Crippen LogP contribution in [0, 0.1) is 5.92 Å². The lowest BCUT2D eigenvalue weighted by Gasteiger charge is -2.39. The first-order valence-electron chi connectivity index (χ1n) is 23.6. The Balaban J connectivity index is 0.992. The number of amidine groups is 1. The van der Waals surface area contributed by atoms with Crippen molar-refractivity contribution >= 4 is 16.6 Å². The molecule has 67 heavy (non-hydrogen) atoms. The third-order valence-electron chi connectivity index (χ3n) is 14.6. The van der Waals surface area contributed by atoms with E-state index in [9.17, 15) is 0 Å². The summed E-state index contributed by atoms with van der Waals surface area (Å²) in [5, 5.41) is 6.28. The van der Waals surface area contributed by atoms with Crippen LogP contribution in [-0.4, -0.2) is 17.8 Å². The zero-order valence-corrected chi connectivity index (χ0v) is 37.9. The van der Waals surface area contributed by atoms with Gasteiger partial charge in [-0.3, -0.25) is 4.90 Å². The van der Waals surface area contributed by atoms with Gasteiger partial charge in [0.1, 0.15) is 18.2 Å². The maximum absolute atomic E-state index is 5.43. The molecule has 0 saturated carbocycles. The van der Waals surface area contributed by atoms with E-state index in [-0.39, 0.29) is 12.3 Å². The molecule has 0 radical (unpaired) electrons. The summed E-state index contributed by atoms with van der Waals surface area (Å²) in [6, 6.07) is 80.3. The molecule has 3 heteroatoms. The van der Waals surface area contributed by atoms with Gasteiger partial charge >= 0.3 is 0 Å². The minimum atomic E-state index is -0.423. The Morgan fingerprint density at radius 3 is 1.87 bits per heavy atom. The molecule has 1 N–H and O–H groups in total. The zero-order valence-electron chi connectivity index (χ0n) is 37.9. The molecule has 12 rings (SSSR count). The van der Waals surface area contributed by atoms with Gasteiger partial charge in [0, 0.05) is 5.56 Å². The molecule has 4 atom stereocenters. The van der Waals surface area contributed by atoms with Crippen molar-refractivity contribution in [1.29, 1.82) is 0 Å². The van der Waals surface area contributed by atoms with Gasteiger partial charge in [-0.15, -0.1) is 0 Å². The standard InChI is InChI=1S/C64H51N3/c1-43-19-12-16-30-56(43)64(51-25-10-5-11-26-51)57-31-17-15-28-55(57)60-53(29-18-32-58(60)64)54-42-41-46-22-13-14-27-52(46)59(54)47-35-39-50(40-36-47)63-66-61(48-23-8-4-9-24-48)65-62(67(63)2)49-37-33-45(34-38-49)44-20-6-3-7-21-44/h3-18,20-43,62-63H,19H2,1-2H3,(H,65,66). The summed E-state index contributed by atoms with van der Waals surface area (Å²) in [7, 11) is 2.18. The molecule has 0 spiro atoms. The van der Waals surface area contributed by atoms with Crippen LogP contribution in [0.15, 0.2) is 247 Å². The second-order valence-electron chi connectivity index (χ2n) is 18.3. The van der Waals surface area contributed by atoms with Gasteiger partial charge in [-0.1, -0.05) is 244 Å². The summed E-state index contributed by atoms with van der Waals surface area (Å²) >= 11 is 0. The third-order valence-corrected chi connectivity index (χ3v) is 14.6. The van der Waals surface area contributed by atoms with E-state index in [2.05, 4.69) is 261 Å². The van der Waals surface area contributed by atoms with E-state index >= 15 is 0 Å². The smallest absolute Gasteiger partial charge is 0.132 e. The number of fused-ring (bicyclic) bond motifs is 4. The van der Waals surface area contributed by atoms with Crippen molar-refractivity contribution in [3.63, 3.8) is 0 Å². The number of nitrogens with zero attached hydrogens (tertiary/aromatic N) is 2. The number of nitrogens with one attached hydrogen (secondary N) is 1. The normalized spacial score (nSPS) is 19.8. The average molecular weight is 862 g/mol. The number of benzene rings is 9. The van der Waals surface area contributed by atoms with Gasteiger partial charge in [-0.05, 0) is 108 Å². The van der Waals surface area contributed by atoms with Crippen LogP contribution in [0.5, 0.6) is 0 Å². The van der Waals surface area contributed by atoms with Crippen LogP contribution in [0.1, 0.15) is 59.1 Å². The number of rotatable bonds is 8. The van der Waals surface area contributed by atoms with Crippen LogP contribution in [0.3, 0.4) is 0 Å². The van der Waals surface area contributed by atoms with Gasteiger partial charge in [-0.2, -0.15) is 0 Å². The maximum atomic E-state index is 5.43. The van der Waals surface area contributed by atoms with E-state index in [0.717, 1.165) is 23.4 Å². The first-order chi connectivity index (χ1) is 33.1. The number of hydrogen-bond donors (Lipinski definition) is 1. The van der Waals surface area contributed by atoms with Crippen LogP contribution in [0.2, 0.25) is 0 Å². The summed E-state index contributed by atoms with van der Waals surface area (Å²) in [6.45, 7) is 2.40. The second-order valence-corrected chi connectivity index (χ2v) is 18.3. The van der Waals surface area contributed by atoms with Crippen LogP contribution in [0.25, 0.3) is 55.3 Å². The monoisotopic (exact) mass is 861 g/mol. The summed E-state index contributed by atoms with van der Waals surface area (Å²) in [5.41, 5.74) is 18.4. The Morgan fingerprint density at radius 2 is 1.10 bits per heavy atom. The maximum Gasteiger partial charge on any atom is 0.132 e. The predicted molar refractivity (Wildman–Crippen MR) is 279 cm³/mol. The molecule has 9 aromatic rings. The summed E-state index contributed by atoms with van der Waals surface area (Å²) in [5.74, 6) is 1.27. The van der Waals surface area contributed by atoms with Gasteiger partial charge < -0.3 is 5.32 Å². The highest BCUT2D eigenvalue weighted by atomic mass is 15.4. The minimum Gasteiger partial charge on any atom is -0.350 e. The van der Waals surface area contributed by atoms with Crippen LogP contribution in [0.4, 0.5) is 0 Å². The highest BCUT2D eigenvalue weighted by Gasteiger charge is 2.49. The SMILES string of the molecule is CC1CC=CC=C1C1(c2ccccc2)c2ccccc2-c2c(-c3ccc4ccccc4c3-c3ccc(C4N=C(c5ccccc5)NC(c5ccc(-c6ccccc6)cc5)N4C)cc3)cccc21. The van der Waals surface area contributed by atoms with Gasteiger partial charge in [0.15, 0.2) is 0 Å². The summed E-state index contributed by atoms with van der Waals surface area (Å²) in [4.78, 5) is 7.78. The highest BCUT2D eigenvalue weighted by Crippen LogP contribution is 2.61. The fraction of sp³-hybridized carbons (Fsp3) is 0.109. The number of hydrogen-bond acceptors (Lipinski definition) is 3. The van der Waals surface area contributed by atoms with Gasteiger partial charge in [0.25, 0.3) is 0 Å². The van der Waals surface area contributed by atoms with Crippen LogP contribution in [-0.2, 0) is 5.41 Å². The Hall–Kier alpha value is -7.85. The first-order valence-corrected chi connectivity index (χ1v) is 23.6. The molecule has 3 nitrogen and oxygen atoms in total. The van der Waals surface area contributed by atoms with Crippen molar-refractivity contribution in [2.45, 2.75) is 31.1 Å².